The maximum atomic E-state index is 11.9. The quantitative estimate of drug-likeness (QED) is 0.838. The van der Waals surface area contributed by atoms with Gasteiger partial charge in [-0.3, -0.25) is 4.79 Å². The number of nitrogens with zero attached hydrogens (tertiary/aromatic N) is 2. The molecule has 0 aliphatic carbocycles. The Labute approximate surface area is 113 Å². The van der Waals surface area contributed by atoms with Gasteiger partial charge in [0.25, 0.3) is 0 Å². The van der Waals surface area contributed by atoms with Crippen LogP contribution in [0.3, 0.4) is 0 Å². The van der Waals surface area contributed by atoms with Gasteiger partial charge in [-0.25, -0.2) is 0 Å². The van der Waals surface area contributed by atoms with E-state index in [0.717, 1.165) is 16.6 Å². The van der Waals surface area contributed by atoms with Gasteiger partial charge in [0.1, 0.15) is 0 Å². The molecular formula is C12H10BrClN2O. The maximum absolute atomic E-state index is 11.9. The Kier molecular flexibility index (Phi) is 3.70. The van der Waals surface area contributed by atoms with Gasteiger partial charge in [0.2, 0.25) is 5.91 Å². The van der Waals surface area contributed by atoms with E-state index in [1.165, 1.54) is 0 Å². The van der Waals surface area contributed by atoms with Crippen LogP contribution in [0.25, 0.3) is 0 Å². The van der Waals surface area contributed by atoms with E-state index in [2.05, 4.69) is 22.0 Å². The molecule has 2 rings (SSSR count). The van der Waals surface area contributed by atoms with Crippen LogP contribution in [0.2, 0.25) is 5.02 Å². The molecule has 1 heterocycles. The number of nitriles is 1. The molecule has 0 saturated carbocycles. The Hall–Kier alpha value is -1.05. The Balaban J connectivity index is 2.36. The van der Waals surface area contributed by atoms with Gasteiger partial charge >= 0.3 is 0 Å². The first-order valence-corrected chi connectivity index (χ1v) is 6.44. The number of carbonyl (C=O) groups excluding carboxylic acids is 1. The molecule has 88 valence electrons. The van der Waals surface area contributed by atoms with Crippen LogP contribution in [0.1, 0.15) is 19.3 Å². The van der Waals surface area contributed by atoms with Gasteiger partial charge < -0.3 is 4.90 Å². The van der Waals surface area contributed by atoms with Gasteiger partial charge in [-0.05, 0) is 40.5 Å². The molecule has 1 saturated heterocycles. The Morgan fingerprint density at radius 1 is 1.59 bits per heavy atom. The third kappa shape index (κ3) is 2.46. The van der Waals surface area contributed by atoms with Gasteiger partial charge in [-0.2, -0.15) is 5.26 Å². The van der Waals surface area contributed by atoms with E-state index in [1.54, 1.807) is 23.1 Å². The minimum Gasteiger partial charge on any atom is -0.307 e. The van der Waals surface area contributed by atoms with Crippen molar-refractivity contribution in [1.82, 2.24) is 0 Å². The summed E-state index contributed by atoms with van der Waals surface area (Å²) in [4.78, 5) is 13.6. The van der Waals surface area contributed by atoms with Crippen LogP contribution in [0.5, 0.6) is 0 Å². The normalized spacial score (nSPS) is 19.5. The van der Waals surface area contributed by atoms with Crippen molar-refractivity contribution >= 4 is 39.1 Å². The highest BCUT2D eigenvalue weighted by atomic mass is 79.9. The molecule has 1 aromatic rings. The van der Waals surface area contributed by atoms with Crippen molar-refractivity contribution in [2.24, 2.45) is 0 Å². The van der Waals surface area contributed by atoms with Gasteiger partial charge in [0, 0.05) is 15.9 Å². The van der Waals surface area contributed by atoms with E-state index in [4.69, 9.17) is 16.9 Å². The molecule has 0 spiro atoms. The minimum absolute atomic E-state index is 0.0232. The lowest BCUT2D eigenvalue weighted by molar-refractivity contribution is -0.117. The average Bonchev–Trinajstić information content (AvgIpc) is 2.62. The molecule has 0 bridgehead atoms. The Morgan fingerprint density at radius 2 is 2.35 bits per heavy atom. The molecule has 0 N–H and O–H groups in total. The highest BCUT2D eigenvalue weighted by Crippen LogP contribution is 2.35. The fourth-order valence-corrected chi connectivity index (χ4v) is 2.92. The number of amides is 1. The lowest BCUT2D eigenvalue weighted by Crippen LogP contribution is -2.32. The molecule has 5 heteroatoms. The molecule has 1 atom stereocenters. The molecule has 0 aromatic heterocycles. The first-order valence-electron chi connectivity index (χ1n) is 5.27. The zero-order valence-corrected chi connectivity index (χ0v) is 11.3. The summed E-state index contributed by atoms with van der Waals surface area (Å²) in [6.07, 6.45) is 1.60. The van der Waals surface area contributed by atoms with Crippen LogP contribution in [0.4, 0.5) is 5.69 Å². The monoisotopic (exact) mass is 312 g/mol. The Bertz CT molecular complexity index is 498. The number of rotatable bonds is 2. The molecule has 3 nitrogen and oxygen atoms in total. The molecule has 1 unspecified atom stereocenters. The summed E-state index contributed by atoms with van der Waals surface area (Å²) in [6, 6.07) is 7.41. The van der Waals surface area contributed by atoms with Crippen LogP contribution in [-0.2, 0) is 4.79 Å². The molecule has 1 fully saturated rings. The topological polar surface area (TPSA) is 44.1 Å². The highest BCUT2D eigenvalue weighted by Gasteiger charge is 2.32. The third-order valence-corrected chi connectivity index (χ3v) is 3.69. The SMILES string of the molecule is N#CCC1CCC(=O)N1c1ccc(Cl)cc1Br. The summed E-state index contributed by atoms with van der Waals surface area (Å²) < 4.78 is 0.781. The standard InChI is InChI=1S/C12H10BrClN2O/c13-10-7-8(14)1-3-11(10)16-9(5-6-15)2-4-12(16)17/h1,3,7,9H,2,4-5H2. The molecule has 1 aliphatic heterocycles. The molecular weight excluding hydrogens is 304 g/mol. The van der Waals surface area contributed by atoms with Crippen molar-refractivity contribution in [2.75, 3.05) is 4.90 Å². The van der Waals surface area contributed by atoms with Crippen LogP contribution in [0, 0.1) is 11.3 Å². The number of hydrogen-bond acceptors (Lipinski definition) is 2. The highest BCUT2D eigenvalue weighted by molar-refractivity contribution is 9.10. The third-order valence-electron chi connectivity index (χ3n) is 2.82. The van der Waals surface area contributed by atoms with E-state index in [0.29, 0.717) is 17.9 Å². The predicted molar refractivity (Wildman–Crippen MR) is 69.9 cm³/mol. The zero-order valence-electron chi connectivity index (χ0n) is 8.99. The van der Waals surface area contributed by atoms with Crippen molar-refractivity contribution in [3.05, 3.63) is 27.7 Å². The summed E-state index contributed by atoms with van der Waals surface area (Å²) >= 11 is 9.27. The van der Waals surface area contributed by atoms with E-state index in [-0.39, 0.29) is 11.9 Å². The molecule has 0 radical (unpaired) electrons. The smallest absolute Gasteiger partial charge is 0.227 e. The van der Waals surface area contributed by atoms with Crippen molar-refractivity contribution in [2.45, 2.75) is 25.3 Å². The Morgan fingerprint density at radius 3 is 3.00 bits per heavy atom. The first-order chi connectivity index (χ1) is 8.13. The average molecular weight is 314 g/mol. The summed E-state index contributed by atoms with van der Waals surface area (Å²) in [6.45, 7) is 0. The largest absolute Gasteiger partial charge is 0.307 e. The fraction of sp³-hybridized carbons (Fsp3) is 0.333. The van der Waals surface area contributed by atoms with Gasteiger partial charge in [0.05, 0.1) is 24.2 Å². The number of hydrogen-bond donors (Lipinski definition) is 0. The first kappa shape index (κ1) is 12.4. The number of halogens is 2. The van der Waals surface area contributed by atoms with Gasteiger partial charge in [-0.1, -0.05) is 11.6 Å². The van der Waals surface area contributed by atoms with Crippen LogP contribution in [-0.4, -0.2) is 11.9 Å². The summed E-state index contributed by atoms with van der Waals surface area (Å²) in [5, 5.41) is 9.39. The van der Waals surface area contributed by atoms with E-state index in [9.17, 15) is 4.79 Å². The summed E-state index contributed by atoms with van der Waals surface area (Å²) in [5.41, 5.74) is 0.789. The second-order valence-electron chi connectivity index (χ2n) is 3.91. The van der Waals surface area contributed by atoms with Crippen molar-refractivity contribution in [3.8, 4) is 6.07 Å². The number of carbonyl (C=O) groups is 1. The summed E-state index contributed by atoms with van der Waals surface area (Å²) in [7, 11) is 0. The van der Waals surface area contributed by atoms with Crippen LogP contribution in [0.15, 0.2) is 22.7 Å². The minimum atomic E-state index is -0.0232. The summed E-state index contributed by atoms with van der Waals surface area (Å²) in [5.74, 6) is 0.0632. The molecule has 17 heavy (non-hydrogen) atoms. The van der Waals surface area contributed by atoms with Crippen LogP contribution < -0.4 is 4.90 Å². The van der Waals surface area contributed by atoms with Crippen molar-refractivity contribution in [3.63, 3.8) is 0 Å². The lowest BCUT2D eigenvalue weighted by atomic mass is 10.1. The van der Waals surface area contributed by atoms with Gasteiger partial charge in [0.15, 0.2) is 0 Å². The van der Waals surface area contributed by atoms with Crippen molar-refractivity contribution in [1.29, 1.82) is 5.26 Å². The van der Waals surface area contributed by atoms with E-state index in [1.807, 2.05) is 0 Å². The van der Waals surface area contributed by atoms with Gasteiger partial charge in [-0.15, -0.1) is 0 Å². The zero-order chi connectivity index (χ0) is 12.4. The second-order valence-corrected chi connectivity index (χ2v) is 5.20. The lowest BCUT2D eigenvalue weighted by Gasteiger charge is -2.24. The molecule has 1 amide bonds. The number of benzene rings is 1. The molecule has 1 aromatic carbocycles. The van der Waals surface area contributed by atoms with E-state index >= 15 is 0 Å². The van der Waals surface area contributed by atoms with Crippen molar-refractivity contribution < 1.29 is 4.79 Å². The maximum Gasteiger partial charge on any atom is 0.227 e. The number of anilines is 1. The predicted octanol–water partition coefficient (Wildman–Crippen LogP) is 3.51. The molecule has 1 aliphatic rings. The van der Waals surface area contributed by atoms with E-state index < -0.39 is 0 Å². The second kappa shape index (κ2) is 5.07. The fourth-order valence-electron chi connectivity index (χ4n) is 2.05. The van der Waals surface area contributed by atoms with Crippen LogP contribution >= 0.6 is 27.5 Å².